The molecule has 1 aromatic heterocycles. The van der Waals surface area contributed by atoms with E-state index in [1.165, 1.54) is 11.8 Å². The van der Waals surface area contributed by atoms with Crippen molar-refractivity contribution in [2.45, 2.75) is 71.6 Å². The van der Waals surface area contributed by atoms with Crippen LogP contribution in [-0.2, 0) is 9.59 Å². The van der Waals surface area contributed by atoms with Crippen molar-refractivity contribution in [2.75, 3.05) is 13.2 Å². The van der Waals surface area contributed by atoms with Gasteiger partial charge in [0.2, 0.25) is 0 Å². The first kappa shape index (κ1) is 31.5. The van der Waals surface area contributed by atoms with Crippen LogP contribution in [-0.4, -0.2) is 49.1 Å². The summed E-state index contributed by atoms with van der Waals surface area (Å²) in [5.74, 6) is 0.0811. The monoisotopic (exact) mass is 605 g/mol. The van der Waals surface area contributed by atoms with Gasteiger partial charge in [-0.2, -0.15) is 5.10 Å². The third kappa shape index (κ3) is 8.55. The molecule has 3 aromatic rings. The zero-order valence-corrected chi connectivity index (χ0v) is 26.0. The summed E-state index contributed by atoms with van der Waals surface area (Å²) < 4.78 is 8.18. The second-order valence-corrected chi connectivity index (χ2v) is 12.1. The van der Waals surface area contributed by atoms with Crippen molar-refractivity contribution in [1.82, 2.24) is 14.7 Å². The minimum Gasteiger partial charge on any atom is -0.494 e. The van der Waals surface area contributed by atoms with Crippen molar-refractivity contribution in [3.05, 3.63) is 70.8 Å². The van der Waals surface area contributed by atoms with Crippen LogP contribution in [0.15, 0.2) is 59.6 Å². The summed E-state index contributed by atoms with van der Waals surface area (Å²) in [6.45, 7) is 5.22. The lowest BCUT2D eigenvalue weighted by atomic mass is 10.0. The van der Waals surface area contributed by atoms with Gasteiger partial charge in [-0.25, -0.2) is 4.68 Å². The van der Waals surface area contributed by atoms with Gasteiger partial charge in [-0.05, 0) is 68.7 Å². The molecule has 222 valence electrons. The smallest absolute Gasteiger partial charge is 0.303 e. The van der Waals surface area contributed by atoms with Crippen molar-refractivity contribution >= 4 is 46.3 Å². The van der Waals surface area contributed by atoms with E-state index in [9.17, 15) is 9.59 Å². The molecule has 4 rings (SSSR count). The number of carboxylic acids is 1. The average Bonchev–Trinajstić information content (AvgIpc) is 3.51. The van der Waals surface area contributed by atoms with E-state index < -0.39 is 5.97 Å². The molecule has 0 bridgehead atoms. The molecule has 9 heteroatoms. The largest absolute Gasteiger partial charge is 0.494 e. The van der Waals surface area contributed by atoms with Gasteiger partial charge in [0.1, 0.15) is 15.8 Å². The molecule has 1 N–H and O–H groups in total. The van der Waals surface area contributed by atoms with E-state index >= 15 is 0 Å². The Morgan fingerprint density at radius 2 is 1.71 bits per heavy atom. The fourth-order valence-corrected chi connectivity index (χ4v) is 6.28. The normalized spacial score (nSPS) is 14.2. The Bertz CT molecular complexity index is 1420. The minimum absolute atomic E-state index is 0.0512. The van der Waals surface area contributed by atoms with Crippen molar-refractivity contribution in [3.8, 4) is 22.7 Å². The van der Waals surface area contributed by atoms with Crippen LogP contribution in [0.5, 0.6) is 5.75 Å². The summed E-state index contributed by atoms with van der Waals surface area (Å²) in [4.78, 5) is 26.3. The number of hydrogen-bond acceptors (Lipinski definition) is 6. The lowest BCUT2D eigenvalue weighted by Crippen LogP contribution is -2.29. The Balaban J connectivity index is 1.42. The third-order valence-corrected chi connectivity index (χ3v) is 8.57. The van der Waals surface area contributed by atoms with Gasteiger partial charge in [0.05, 0.1) is 17.2 Å². The lowest BCUT2D eigenvalue weighted by Gasteiger charge is -2.14. The van der Waals surface area contributed by atoms with Crippen LogP contribution in [0.25, 0.3) is 23.0 Å². The van der Waals surface area contributed by atoms with Crippen LogP contribution in [0.3, 0.4) is 0 Å². The number of nitrogens with zero attached hydrogens (tertiary/aromatic N) is 3. The average molecular weight is 606 g/mol. The topological polar surface area (TPSA) is 84.7 Å². The third-order valence-electron chi connectivity index (χ3n) is 7.19. The zero-order valence-electron chi connectivity index (χ0n) is 24.4. The predicted octanol–water partition coefficient (Wildman–Crippen LogP) is 8.04. The summed E-state index contributed by atoms with van der Waals surface area (Å²) in [6.07, 6.45) is 12.2. The van der Waals surface area contributed by atoms with Gasteiger partial charge in [-0.3, -0.25) is 14.5 Å². The molecule has 0 atom stereocenters. The van der Waals surface area contributed by atoms with Crippen LogP contribution in [0.4, 0.5) is 0 Å². The minimum atomic E-state index is -0.717. The molecule has 0 spiro atoms. The number of carboxylic acid groups (broad SMARTS) is 1. The molecular formula is C33H39N3O4S2. The molecule has 2 heterocycles. The van der Waals surface area contributed by atoms with E-state index in [1.807, 2.05) is 73.3 Å². The number of carbonyl (C=O) groups excluding carboxylic acids is 1. The number of aryl methyl sites for hydroxylation is 1. The van der Waals surface area contributed by atoms with E-state index in [0.717, 1.165) is 85.2 Å². The first-order valence-corrected chi connectivity index (χ1v) is 16.0. The van der Waals surface area contributed by atoms with E-state index in [4.69, 9.17) is 27.2 Å². The van der Waals surface area contributed by atoms with Crippen molar-refractivity contribution in [3.63, 3.8) is 0 Å². The maximum Gasteiger partial charge on any atom is 0.303 e. The number of thioether (sulfide) groups is 1. The molecule has 1 aliphatic heterocycles. The number of hydrogen-bond donors (Lipinski definition) is 1. The van der Waals surface area contributed by atoms with Gasteiger partial charge in [-0.15, -0.1) is 0 Å². The molecule has 0 unspecified atom stereocenters. The molecular weight excluding hydrogens is 567 g/mol. The Morgan fingerprint density at radius 3 is 2.38 bits per heavy atom. The summed E-state index contributed by atoms with van der Waals surface area (Å²) in [7, 11) is 0. The van der Waals surface area contributed by atoms with E-state index in [2.05, 4.69) is 6.07 Å². The summed E-state index contributed by atoms with van der Waals surface area (Å²) in [6, 6.07) is 16.0. The maximum absolute atomic E-state index is 13.4. The molecule has 0 radical (unpaired) electrons. The second kappa shape index (κ2) is 15.7. The number of rotatable bonds is 16. The number of thiocarbonyl (C=S) groups is 1. The molecule has 42 heavy (non-hydrogen) atoms. The number of para-hydroxylation sites is 1. The number of carbonyl (C=O) groups is 2. The predicted molar refractivity (Wildman–Crippen MR) is 174 cm³/mol. The highest BCUT2D eigenvalue weighted by molar-refractivity contribution is 8.26. The highest BCUT2D eigenvalue weighted by Gasteiger charge is 2.32. The lowest BCUT2D eigenvalue weighted by molar-refractivity contribution is -0.137. The van der Waals surface area contributed by atoms with Crippen molar-refractivity contribution < 1.29 is 19.4 Å². The number of aliphatic carboxylic acids is 1. The number of benzene rings is 2. The molecule has 1 saturated heterocycles. The van der Waals surface area contributed by atoms with Gasteiger partial charge in [-0.1, -0.05) is 80.7 Å². The van der Waals surface area contributed by atoms with Gasteiger partial charge >= 0.3 is 5.97 Å². The molecule has 1 aliphatic rings. The van der Waals surface area contributed by atoms with Crippen LogP contribution < -0.4 is 4.74 Å². The van der Waals surface area contributed by atoms with Crippen LogP contribution in [0.2, 0.25) is 0 Å². The molecule has 0 aliphatic carbocycles. The van der Waals surface area contributed by atoms with Crippen molar-refractivity contribution in [1.29, 1.82) is 0 Å². The standard InChI is InChI=1S/C33H39N3O4S2/c1-3-40-28-19-18-25(21-24(28)2)31-26(23-36(34-31)27-15-11-10-12-16-27)22-29-32(39)35(33(41)42-29)20-14-9-7-5-4-6-8-13-17-30(37)38/h10-12,15-16,18-19,21-23H,3-9,13-14,17,20H2,1-2H3,(H,37,38). The first-order valence-electron chi connectivity index (χ1n) is 14.7. The Labute approximate surface area is 257 Å². The number of aromatic nitrogens is 2. The SMILES string of the molecule is CCOc1ccc(-c2nn(-c3ccccc3)cc2C=C2SC(=S)N(CCCCCCCCCCC(=O)O)C2=O)cc1C. The quantitative estimate of drug-likeness (QED) is 0.100. The summed E-state index contributed by atoms with van der Waals surface area (Å²) in [5.41, 5.74) is 4.56. The number of ether oxygens (including phenoxy) is 1. The fraction of sp³-hybridized carbons (Fsp3) is 0.394. The number of amides is 1. The molecule has 2 aromatic carbocycles. The van der Waals surface area contributed by atoms with E-state index in [0.29, 0.717) is 22.4 Å². The fourth-order valence-electron chi connectivity index (χ4n) is 4.99. The second-order valence-electron chi connectivity index (χ2n) is 10.4. The maximum atomic E-state index is 13.4. The van der Waals surface area contributed by atoms with E-state index in [1.54, 1.807) is 4.90 Å². The van der Waals surface area contributed by atoms with E-state index in [-0.39, 0.29) is 12.3 Å². The summed E-state index contributed by atoms with van der Waals surface area (Å²) in [5, 5.41) is 13.6. The van der Waals surface area contributed by atoms with Crippen LogP contribution >= 0.6 is 24.0 Å². The molecule has 0 saturated carbocycles. The highest BCUT2D eigenvalue weighted by Crippen LogP contribution is 2.36. The number of unbranched alkanes of at least 4 members (excludes halogenated alkanes) is 7. The Kier molecular flexibility index (Phi) is 11.8. The molecule has 1 fully saturated rings. The highest BCUT2D eigenvalue weighted by atomic mass is 32.2. The zero-order chi connectivity index (χ0) is 29.9. The Morgan fingerprint density at radius 1 is 1.02 bits per heavy atom. The Hall–Kier alpha value is -3.43. The van der Waals surface area contributed by atoms with Crippen LogP contribution in [0.1, 0.15) is 75.8 Å². The van der Waals surface area contributed by atoms with Gasteiger partial charge in [0, 0.05) is 30.3 Å². The summed E-state index contributed by atoms with van der Waals surface area (Å²) >= 11 is 6.95. The van der Waals surface area contributed by atoms with Gasteiger partial charge in [0.25, 0.3) is 5.91 Å². The van der Waals surface area contributed by atoms with Crippen LogP contribution in [0, 0.1) is 6.92 Å². The van der Waals surface area contributed by atoms with Gasteiger partial charge in [0.15, 0.2) is 0 Å². The van der Waals surface area contributed by atoms with Gasteiger partial charge < -0.3 is 9.84 Å². The first-order chi connectivity index (χ1) is 20.4. The van der Waals surface area contributed by atoms with Crippen molar-refractivity contribution in [2.24, 2.45) is 0 Å². The molecule has 1 amide bonds. The molecule has 7 nitrogen and oxygen atoms in total.